The van der Waals surface area contributed by atoms with E-state index in [-0.39, 0.29) is 5.91 Å². The van der Waals surface area contributed by atoms with Crippen LogP contribution < -0.4 is 5.32 Å². The number of aromatic nitrogens is 2. The predicted molar refractivity (Wildman–Crippen MR) is 68.9 cm³/mol. The Hall–Kier alpha value is -1.75. The van der Waals surface area contributed by atoms with Crippen molar-refractivity contribution in [3.63, 3.8) is 0 Å². The first-order valence-electron chi connectivity index (χ1n) is 5.01. The van der Waals surface area contributed by atoms with E-state index in [0.29, 0.717) is 11.4 Å². The maximum absolute atomic E-state index is 11.8. The van der Waals surface area contributed by atoms with Crippen molar-refractivity contribution in [3.05, 3.63) is 52.5 Å². The van der Waals surface area contributed by atoms with Crippen molar-refractivity contribution in [1.82, 2.24) is 9.97 Å². The van der Waals surface area contributed by atoms with Gasteiger partial charge in [-0.15, -0.1) is 0 Å². The van der Waals surface area contributed by atoms with Crippen LogP contribution in [0.2, 0.25) is 0 Å². The van der Waals surface area contributed by atoms with Gasteiger partial charge >= 0.3 is 0 Å². The number of hydrogen-bond acceptors (Lipinski definition) is 3. The minimum absolute atomic E-state index is 0.233. The zero-order valence-electron chi connectivity index (χ0n) is 9.14. The molecule has 5 heteroatoms. The number of pyridine rings is 2. The van der Waals surface area contributed by atoms with Crippen LogP contribution in [0, 0.1) is 6.92 Å². The first-order chi connectivity index (χ1) is 8.15. The molecule has 0 unspecified atom stereocenters. The summed E-state index contributed by atoms with van der Waals surface area (Å²) in [4.78, 5) is 19.9. The molecule has 0 atom stereocenters. The van der Waals surface area contributed by atoms with Gasteiger partial charge in [-0.3, -0.25) is 9.78 Å². The second kappa shape index (κ2) is 5.05. The third kappa shape index (κ3) is 3.10. The Labute approximate surface area is 107 Å². The van der Waals surface area contributed by atoms with Crippen LogP contribution in [-0.2, 0) is 0 Å². The number of carbonyl (C=O) groups is 1. The molecule has 86 valence electrons. The highest BCUT2D eigenvalue weighted by molar-refractivity contribution is 9.10. The van der Waals surface area contributed by atoms with Crippen LogP contribution in [0.4, 0.5) is 5.69 Å². The Morgan fingerprint density at radius 3 is 2.76 bits per heavy atom. The van der Waals surface area contributed by atoms with Crippen molar-refractivity contribution < 1.29 is 4.79 Å². The zero-order valence-corrected chi connectivity index (χ0v) is 10.7. The van der Waals surface area contributed by atoms with Gasteiger partial charge < -0.3 is 5.32 Å². The standard InChI is InChI=1S/C12H10BrN3O/c1-8-6-10(4-5-14-8)16-12(17)11-3-2-9(13)7-15-11/h2-7H,1H3,(H,14,16,17). The van der Waals surface area contributed by atoms with Gasteiger partial charge in [0.25, 0.3) is 5.91 Å². The third-order valence-electron chi connectivity index (χ3n) is 2.11. The average Bonchev–Trinajstić information content (AvgIpc) is 2.29. The van der Waals surface area contributed by atoms with Crippen molar-refractivity contribution in [2.24, 2.45) is 0 Å². The number of nitrogens with zero attached hydrogens (tertiary/aromatic N) is 2. The first kappa shape index (κ1) is 11.7. The Morgan fingerprint density at radius 1 is 1.29 bits per heavy atom. The van der Waals surface area contributed by atoms with Crippen LogP contribution in [0.3, 0.4) is 0 Å². The highest BCUT2D eigenvalue weighted by Gasteiger charge is 2.07. The van der Waals surface area contributed by atoms with E-state index in [0.717, 1.165) is 10.2 Å². The van der Waals surface area contributed by atoms with Crippen LogP contribution >= 0.6 is 15.9 Å². The minimum Gasteiger partial charge on any atom is -0.321 e. The van der Waals surface area contributed by atoms with E-state index in [4.69, 9.17) is 0 Å². The molecule has 4 nitrogen and oxygen atoms in total. The van der Waals surface area contributed by atoms with Gasteiger partial charge in [-0.05, 0) is 47.1 Å². The van der Waals surface area contributed by atoms with Crippen LogP contribution in [0.5, 0.6) is 0 Å². The quantitative estimate of drug-likeness (QED) is 0.926. The molecule has 1 N–H and O–H groups in total. The number of carbonyl (C=O) groups excluding carboxylic acids is 1. The Bertz CT molecular complexity index is 540. The van der Waals surface area contributed by atoms with Crippen LogP contribution in [-0.4, -0.2) is 15.9 Å². The van der Waals surface area contributed by atoms with Gasteiger partial charge in [-0.2, -0.15) is 0 Å². The van der Waals surface area contributed by atoms with Gasteiger partial charge in [-0.1, -0.05) is 0 Å². The molecular formula is C12H10BrN3O. The zero-order chi connectivity index (χ0) is 12.3. The Kier molecular flexibility index (Phi) is 3.49. The molecule has 1 amide bonds. The van der Waals surface area contributed by atoms with Gasteiger partial charge in [0, 0.05) is 28.2 Å². The van der Waals surface area contributed by atoms with Crippen molar-refractivity contribution in [3.8, 4) is 0 Å². The summed E-state index contributed by atoms with van der Waals surface area (Å²) >= 11 is 3.27. The predicted octanol–water partition coefficient (Wildman–Crippen LogP) is 2.80. The molecule has 0 radical (unpaired) electrons. The monoisotopic (exact) mass is 291 g/mol. The number of amides is 1. The summed E-state index contributed by atoms with van der Waals surface area (Å²) in [7, 11) is 0. The average molecular weight is 292 g/mol. The second-order valence-corrected chi connectivity index (χ2v) is 4.42. The molecule has 0 aliphatic heterocycles. The number of anilines is 1. The van der Waals surface area contributed by atoms with Gasteiger partial charge in [0.1, 0.15) is 5.69 Å². The molecule has 0 aliphatic rings. The highest BCUT2D eigenvalue weighted by atomic mass is 79.9. The minimum atomic E-state index is -0.233. The summed E-state index contributed by atoms with van der Waals surface area (Å²) in [5.74, 6) is -0.233. The molecular weight excluding hydrogens is 282 g/mol. The molecule has 2 heterocycles. The Balaban J connectivity index is 2.14. The van der Waals surface area contributed by atoms with E-state index >= 15 is 0 Å². The summed E-state index contributed by atoms with van der Waals surface area (Å²) in [5.41, 5.74) is 1.95. The van der Waals surface area contributed by atoms with E-state index in [1.807, 2.05) is 6.92 Å². The van der Waals surface area contributed by atoms with Crippen molar-refractivity contribution in [2.45, 2.75) is 6.92 Å². The van der Waals surface area contributed by atoms with E-state index in [9.17, 15) is 4.79 Å². The van der Waals surface area contributed by atoms with Crippen molar-refractivity contribution in [2.75, 3.05) is 5.32 Å². The fourth-order valence-corrected chi connectivity index (χ4v) is 1.56. The van der Waals surface area contributed by atoms with Gasteiger partial charge in [-0.25, -0.2) is 4.98 Å². The molecule has 0 bridgehead atoms. The SMILES string of the molecule is Cc1cc(NC(=O)c2ccc(Br)cn2)ccn1. The van der Waals surface area contributed by atoms with Crippen LogP contribution in [0.1, 0.15) is 16.2 Å². The number of rotatable bonds is 2. The van der Waals surface area contributed by atoms with E-state index in [1.165, 1.54) is 0 Å². The fourth-order valence-electron chi connectivity index (χ4n) is 1.33. The lowest BCUT2D eigenvalue weighted by Crippen LogP contribution is -2.13. The fraction of sp³-hybridized carbons (Fsp3) is 0.0833. The smallest absolute Gasteiger partial charge is 0.274 e. The van der Waals surface area contributed by atoms with Crippen molar-refractivity contribution >= 4 is 27.5 Å². The Morgan fingerprint density at radius 2 is 2.12 bits per heavy atom. The number of aryl methyl sites for hydroxylation is 1. The van der Waals surface area contributed by atoms with Crippen molar-refractivity contribution in [1.29, 1.82) is 0 Å². The molecule has 17 heavy (non-hydrogen) atoms. The molecule has 0 saturated heterocycles. The molecule has 0 saturated carbocycles. The van der Waals surface area contributed by atoms with E-state index in [1.54, 1.807) is 36.7 Å². The summed E-state index contributed by atoms with van der Waals surface area (Å²) < 4.78 is 0.841. The molecule has 0 aromatic carbocycles. The second-order valence-electron chi connectivity index (χ2n) is 3.50. The number of halogens is 1. The summed E-state index contributed by atoms with van der Waals surface area (Å²) in [5, 5.41) is 2.76. The topological polar surface area (TPSA) is 54.9 Å². The van der Waals surface area contributed by atoms with Crippen LogP contribution in [0.25, 0.3) is 0 Å². The van der Waals surface area contributed by atoms with Gasteiger partial charge in [0.15, 0.2) is 0 Å². The lowest BCUT2D eigenvalue weighted by molar-refractivity contribution is 0.102. The summed E-state index contributed by atoms with van der Waals surface area (Å²) in [6, 6.07) is 6.98. The van der Waals surface area contributed by atoms with E-state index in [2.05, 4.69) is 31.2 Å². The van der Waals surface area contributed by atoms with Crippen LogP contribution in [0.15, 0.2) is 41.1 Å². The first-order valence-corrected chi connectivity index (χ1v) is 5.80. The molecule has 0 spiro atoms. The molecule has 2 aromatic heterocycles. The largest absolute Gasteiger partial charge is 0.321 e. The van der Waals surface area contributed by atoms with E-state index < -0.39 is 0 Å². The third-order valence-corrected chi connectivity index (χ3v) is 2.58. The summed E-state index contributed by atoms with van der Waals surface area (Å²) in [6.45, 7) is 1.87. The molecule has 2 rings (SSSR count). The lowest BCUT2D eigenvalue weighted by atomic mass is 10.3. The maximum atomic E-state index is 11.8. The van der Waals surface area contributed by atoms with Gasteiger partial charge in [0.05, 0.1) is 0 Å². The number of hydrogen-bond donors (Lipinski definition) is 1. The molecule has 0 fully saturated rings. The van der Waals surface area contributed by atoms with Gasteiger partial charge in [0.2, 0.25) is 0 Å². The normalized spacial score (nSPS) is 10.0. The maximum Gasteiger partial charge on any atom is 0.274 e. The molecule has 0 aliphatic carbocycles. The lowest BCUT2D eigenvalue weighted by Gasteiger charge is -2.04. The molecule has 2 aromatic rings. The highest BCUT2D eigenvalue weighted by Crippen LogP contribution is 2.11. The summed E-state index contributed by atoms with van der Waals surface area (Å²) in [6.07, 6.45) is 3.24. The number of nitrogens with one attached hydrogen (secondary N) is 1.